The topological polar surface area (TPSA) is 18.5 Å². The van der Waals surface area contributed by atoms with Crippen LogP contribution >= 0.6 is 0 Å². The Morgan fingerprint density at radius 2 is 1.95 bits per heavy atom. The van der Waals surface area contributed by atoms with Crippen molar-refractivity contribution >= 4 is 0 Å². The van der Waals surface area contributed by atoms with E-state index < -0.39 is 0 Å². The first kappa shape index (κ1) is 15.5. The zero-order chi connectivity index (χ0) is 14.4. The van der Waals surface area contributed by atoms with E-state index in [9.17, 15) is 0 Å². The van der Waals surface area contributed by atoms with Gasteiger partial charge in [-0.1, -0.05) is 31.2 Å². The van der Waals surface area contributed by atoms with Crippen molar-refractivity contribution in [3.05, 3.63) is 35.4 Å². The van der Waals surface area contributed by atoms with Gasteiger partial charge in [0.2, 0.25) is 0 Å². The van der Waals surface area contributed by atoms with Crippen LogP contribution in [0.3, 0.4) is 0 Å². The molecule has 0 amide bonds. The van der Waals surface area contributed by atoms with Gasteiger partial charge in [-0.25, -0.2) is 0 Å². The molecule has 1 heterocycles. The molecule has 20 heavy (non-hydrogen) atoms. The number of benzene rings is 1. The zero-order valence-corrected chi connectivity index (χ0v) is 13.2. The monoisotopic (exact) mass is 275 g/mol. The van der Waals surface area contributed by atoms with Crippen LogP contribution in [-0.4, -0.2) is 49.6 Å². The Balaban J connectivity index is 1.80. The molecule has 0 spiro atoms. The van der Waals surface area contributed by atoms with Crippen LogP contribution in [0.1, 0.15) is 30.9 Å². The highest BCUT2D eigenvalue weighted by Crippen LogP contribution is 2.16. The van der Waals surface area contributed by atoms with E-state index in [1.807, 2.05) is 0 Å². The van der Waals surface area contributed by atoms with E-state index in [2.05, 4.69) is 60.4 Å². The van der Waals surface area contributed by atoms with Crippen LogP contribution in [0.15, 0.2) is 24.3 Å². The van der Waals surface area contributed by atoms with Gasteiger partial charge in [-0.05, 0) is 51.2 Å². The van der Waals surface area contributed by atoms with Crippen LogP contribution in [0, 0.1) is 0 Å². The lowest BCUT2D eigenvalue weighted by Gasteiger charge is -2.25. The Morgan fingerprint density at radius 3 is 2.55 bits per heavy atom. The molecule has 1 unspecified atom stereocenters. The third-order valence-corrected chi connectivity index (χ3v) is 4.25. The maximum Gasteiger partial charge on any atom is 0.0231 e. The zero-order valence-electron chi connectivity index (χ0n) is 13.2. The SMILES string of the molecule is CCNCc1ccc(CN(C)CC2CCCN2C)cc1. The van der Waals surface area contributed by atoms with Crippen molar-refractivity contribution in [1.82, 2.24) is 15.1 Å². The largest absolute Gasteiger partial charge is 0.313 e. The van der Waals surface area contributed by atoms with E-state index in [0.29, 0.717) is 0 Å². The van der Waals surface area contributed by atoms with Gasteiger partial charge < -0.3 is 15.1 Å². The molecule has 1 fully saturated rings. The van der Waals surface area contributed by atoms with Gasteiger partial charge in [0.05, 0.1) is 0 Å². The minimum Gasteiger partial charge on any atom is -0.313 e. The van der Waals surface area contributed by atoms with Gasteiger partial charge in [-0.3, -0.25) is 0 Å². The third kappa shape index (κ3) is 4.58. The average molecular weight is 275 g/mol. The fraction of sp³-hybridized carbons (Fsp3) is 0.647. The Kier molecular flexibility index (Phi) is 6.02. The van der Waals surface area contributed by atoms with E-state index in [-0.39, 0.29) is 0 Å². The fourth-order valence-corrected chi connectivity index (χ4v) is 2.98. The van der Waals surface area contributed by atoms with Crippen molar-refractivity contribution in [3.8, 4) is 0 Å². The van der Waals surface area contributed by atoms with E-state index in [4.69, 9.17) is 0 Å². The summed E-state index contributed by atoms with van der Waals surface area (Å²) in [5.74, 6) is 0. The average Bonchev–Trinajstić information content (AvgIpc) is 2.83. The molecule has 0 saturated carbocycles. The molecule has 2 rings (SSSR count). The Labute approximate surface area is 124 Å². The summed E-state index contributed by atoms with van der Waals surface area (Å²) in [4.78, 5) is 4.95. The summed E-state index contributed by atoms with van der Waals surface area (Å²) in [6.45, 7) is 7.63. The summed E-state index contributed by atoms with van der Waals surface area (Å²) in [5.41, 5.74) is 2.78. The Bertz CT molecular complexity index is 388. The first-order chi connectivity index (χ1) is 9.69. The number of nitrogens with one attached hydrogen (secondary N) is 1. The summed E-state index contributed by atoms with van der Waals surface area (Å²) in [5, 5.41) is 3.36. The van der Waals surface area contributed by atoms with Crippen molar-refractivity contribution < 1.29 is 0 Å². The quantitative estimate of drug-likeness (QED) is 0.824. The highest BCUT2D eigenvalue weighted by Gasteiger charge is 2.21. The first-order valence-corrected chi connectivity index (χ1v) is 7.86. The fourth-order valence-electron chi connectivity index (χ4n) is 2.98. The molecule has 0 aliphatic carbocycles. The molecule has 1 atom stereocenters. The number of likely N-dealkylation sites (tertiary alicyclic amines) is 1. The van der Waals surface area contributed by atoms with Crippen molar-refractivity contribution in [2.45, 2.75) is 38.9 Å². The van der Waals surface area contributed by atoms with Crippen LogP contribution in [0.4, 0.5) is 0 Å². The maximum atomic E-state index is 3.36. The van der Waals surface area contributed by atoms with Crippen molar-refractivity contribution in [3.63, 3.8) is 0 Å². The van der Waals surface area contributed by atoms with Crippen LogP contribution in [0.25, 0.3) is 0 Å². The summed E-state index contributed by atoms with van der Waals surface area (Å²) in [6, 6.07) is 9.76. The van der Waals surface area contributed by atoms with Crippen LogP contribution in [-0.2, 0) is 13.1 Å². The number of nitrogens with zero attached hydrogens (tertiary/aromatic N) is 2. The van der Waals surface area contributed by atoms with Crippen molar-refractivity contribution in [2.24, 2.45) is 0 Å². The molecule has 1 aliphatic heterocycles. The van der Waals surface area contributed by atoms with Gasteiger partial charge in [0.1, 0.15) is 0 Å². The standard InChI is InChI=1S/C17H29N3/c1-4-18-12-15-7-9-16(10-8-15)13-19(2)14-17-6-5-11-20(17)3/h7-10,17-18H,4-6,11-14H2,1-3H3. The van der Waals surface area contributed by atoms with E-state index in [1.165, 1.54) is 37.1 Å². The second kappa shape index (κ2) is 7.77. The first-order valence-electron chi connectivity index (χ1n) is 7.86. The molecule has 0 radical (unpaired) electrons. The number of hydrogen-bond acceptors (Lipinski definition) is 3. The minimum absolute atomic E-state index is 0.744. The predicted octanol–water partition coefficient (Wildman–Crippen LogP) is 2.32. The third-order valence-electron chi connectivity index (χ3n) is 4.25. The number of rotatable bonds is 7. The van der Waals surface area contributed by atoms with Crippen molar-refractivity contribution in [2.75, 3.05) is 33.7 Å². The lowest BCUT2D eigenvalue weighted by atomic mass is 10.1. The number of likely N-dealkylation sites (N-methyl/N-ethyl adjacent to an activating group) is 2. The summed E-state index contributed by atoms with van der Waals surface area (Å²) < 4.78 is 0. The molecule has 0 aromatic heterocycles. The smallest absolute Gasteiger partial charge is 0.0231 e. The Morgan fingerprint density at radius 1 is 1.25 bits per heavy atom. The molecular weight excluding hydrogens is 246 g/mol. The molecule has 3 heteroatoms. The number of hydrogen-bond donors (Lipinski definition) is 1. The molecule has 1 aromatic carbocycles. The van der Waals surface area contributed by atoms with Gasteiger partial charge in [-0.15, -0.1) is 0 Å². The second-order valence-electron chi connectivity index (χ2n) is 6.07. The lowest BCUT2D eigenvalue weighted by molar-refractivity contribution is 0.215. The summed E-state index contributed by atoms with van der Waals surface area (Å²) in [6.07, 6.45) is 2.70. The maximum absolute atomic E-state index is 3.36. The molecule has 112 valence electrons. The van der Waals surface area contributed by atoms with Crippen LogP contribution in [0.5, 0.6) is 0 Å². The molecule has 0 bridgehead atoms. The second-order valence-corrected chi connectivity index (χ2v) is 6.07. The van der Waals surface area contributed by atoms with Gasteiger partial charge in [0.15, 0.2) is 0 Å². The van der Waals surface area contributed by atoms with Gasteiger partial charge >= 0.3 is 0 Å². The molecule has 1 aliphatic rings. The van der Waals surface area contributed by atoms with Crippen molar-refractivity contribution in [1.29, 1.82) is 0 Å². The highest BCUT2D eigenvalue weighted by molar-refractivity contribution is 5.22. The van der Waals surface area contributed by atoms with E-state index >= 15 is 0 Å². The van der Waals surface area contributed by atoms with Gasteiger partial charge in [0, 0.05) is 25.7 Å². The summed E-state index contributed by atoms with van der Waals surface area (Å²) in [7, 11) is 4.49. The van der Waals surface area contributed by atoms with Gasteiger partial charge in [0.25, 0.3) is 0 Å². The summed E-state index contributed by atoms with van der Waals surface area (Å²) >= 11 is 0. The van der Waals surface area contributed by atoms with Crippen LogP contribution < -0.4 is 5.32 Å². The highest BCUT2D eigenvalue weighted by atomic mass is 15.2. The van der Waals surface area contributed by atoms with Crippen LogP contribution in [0.2, 0.25) is 0 Å². The molecule has 1 saturated heterocycles. The molecule has 1 aromatic rings. The normalized spacial score (nSPS) is 19.9. The minimum atomic E-state index is 0.744. The Hall–Kier alpha value is -0.900. The molecular formula is C17H29N3. The van der Waals surface area contributed by atoms with E-state index in [0.717, 1.165) is 25.7 Å². The lowest BCUT2D eigenvalue weighted by Crippen LogP contribution is -2.36. The predicted molar refractivity (Wildman–Crippen MR) is 85.8 cm³/mol. The van der Waals surface area contributed by atoms with E-state index in [1.54, 1.807) is 0 Å². The van der Waals surface area contributed by atoms with Gasteiger partial charge in [-0.2, -0.15) is 0 Å². The molecule has 3 nitrogen and oxygen atoms in total. The molecule has 1 N–H and O–H groups in total.